The molecule has 0 aliphatic rings. The maximum Gasteiger partial charge on any atom is 0.161 e. The van der Waals surface area contributed by atoms with Crippen molar-refractivity contribution >= 4 is 0 Å². The van der Waals surface area contributed by atoms with E-state index in [0.717, 1.165) is 24.5 Å². The van der Waals surface area contributed by atoms with Gasteiger partial charge in [-0.25, -0.2) is 0 Å². The molecular formula is C15H25NO3. The molecule has 1 unspecified atom stereocenters. The third kappa shape index (κ3) is 5.09. The fourth-order valence-corrected chi connectivity index (χ4v) is 1.70. The van der Waals surface area contributed by atoms with Crippen molar-refractivity contribution in [2.75, 3.05) is 34.0 Å². The van der Waals surface area contributed by atoms with Crippen LogP contribution in [0.25, 0.3) is 0 Å². The van der Waals surface area contributed by atoms with Crippen molar-refractivity contribution in [1.29, 1.82) is 0 Å². The van der Waals surface area contributed by atoms with E-state index in [-0.39, 0.29) is 6.04 Å². The van der Waals surface area contributed by atoms with E-state index in [0.29, 0.717) is 13.2 Å². The largest absolute Gasteiger partial charge is 0.493 e. The van der Waals surface area contributed by atoms with Crippen LogP contribution in [0.5, 0.6) is 11.5 Å². The minimum Gasteiger partial charge on any atom is -0.493 e. The maximum absolute atomic E-state index is 5.67. The third-order valence-electron chi connectivity index (χ3n) is 2.95. The number of hydrogen-bond donors (Lipinski definition) is 1. The van der Waals surface area contributed by atoms with E-state index in [2.05, 4.69) is 19.2 Å². The number of hydrogen-bond acceptors (Lipinski definition) is 4. The first-order chi connectivity index (χ1) is 9.22. The summed E-state index contributed by atoms with van der Waals surface area (Å²) >= 11 is 0. The lowest BCUT2D eigenvalue weighted by atomic mass is 10.1. The normalized spacial score (nSPS) is 12.2. The van der Waals surface area contributed by atoms with Gasteiger partial charge in [-0.15, -0.1) is 0 Å². The molecule has 19 heavy (non-hydrogen) atoms. The van der Waals surface area contributed by atoms with Gasteiger partial charge in [-0.05, 0) is 38.1 Å². The Balaban J connectivity index is 2.58. The van der Waals surface area contributed by atoms with Crippen molar-refractivity contribution in [1.82, 2.24) is 5.32 Å². The quantitative estimate of drug-likeness (QED) is 0.698. The van der Waals surface area contributed by atoms with E-state index in [4.69, 9.17) is 14.2 Å². The Morgan fingerprint density at radius 1 is 1.16 bits per heavy atom. The highest BCUT2D eigenvalue weighted by Gasteiger charge is 2.09. The third-order valence-corrected chi connectivity index (χ3v) is 2.95. The van der Waals surface area contributed by atoms with Crippen LogP contribution in [-0.2, 0) is 4.74 Å². The molecule has 1 atom stereocenters. The Morgan fingerprint density at radius 3 is 2.58 bits per heavy atom. The Bertz CT molecular complexity index is 368. The van der Waals surface area contributed by atoms with Gasteiger partial charge in [-0.2, -0.15) is 0 Å². The van der Waals surface area contributed by atoms with E-state index >= 15 is 0 Å². The summed E-state index contributed by atoms with van der Waals surface area (Å²) in [6, 6.07) is 6.28. The lowest BCUT2D eigenvalue weighted by Crippen LogP contribution is -2.12. The topological polar surface area (TPSA) is 39.7 Å². The average Bonchev–Trinajstić information content (AvgIpc) is 2.46. The van der Waals surface area contributed by atoms with Crippen LogP contribution in [-0.4, -0.2) is 34.0 Å². The first-order valence-corrected chi connectivity index (χ1v) is 6.78. The van der Waals surface area contributed by atoms with Gasteiger partial charge in [0.05, 0.1) is 13.7 Å². The highest BCUT2D eigenvalue weighted by Crippen LogP contribution is 2.30. The lowest BCUT2D eigenvalue weighted by Gasteiger charge is -2.15. The van der Waals surface area contributed by atoms with E-state index < -0.39 is 0 Å². The summed E-state index contributed by atoms with van der Waals surface area (Å²) in [4.78, 5) is 0. The summed E-state index contributed by atoms with van der Waals surface area (Å²) in [7, 11) is 3.59. The van der Waals surface area contributed by atoms with Crippen LogP contribution in [0.3, 0.4) is 0 Å². The smallest absolute Gasteiger partial charge is 0.161 e. The second-order valence-corrected chi connectivity index (χ2v) is 4.38. The van der Waals surface area contributed by atoms with Gasteiger partial charge in [0, 0.05) is 12.6 Å². The predicted molar refractivity (Wildman–Crippen MR) is 77.1 cm³/mol. The molecule has 1 aromatic rings. The zero-order valence-electron chi connectivity index (χ0n) is 12.4. The van der Waals surface area contributed by atoms with Crippen LogP contribution in [0, 0.1) is 0 Å². The average molecular weight is 267 g/mol. The van der Waals surface area contributed by atoms with Crippen molar-refractivity contribution in [3.05, 3.63) is 23.8 Å². The van der Waals surface area contributed by atoms with Gasteiger partial charge >= 0.3 is 0 Å². The van der Waals surface area contributed by atoms with E-state index in [1.807, 2.05) is 25.2 Å². The molecule has 1 N–H and O–H groups in total. The molecule has 0 radical (unpaired) electrons. The zero-order valence-corrected chi connectivity index (χ0v) is 12.4. The van der Waals surface area contributed by atoms with Crippen LogP contribution >= 0.6 is 0 Å². The molecule has 1 aromatic carbocycles. The SMILES string of the molecule is CCCOCCOc1ccc(C(C)NC)cc1OC. The first kappa shape index (κ1) is 15.8. The van der Waals surface area contributed by atoms with Crippen molar-refractivity contribution in [3.63, 3.8) is 0 Å². The van der Waals surface area contributed by atoms with Crippen LogP contribution < -0.4 is 14.8 Å². The highest BCUT2D eigenvalue weighted by atomic mass is 16.5. The predicted octanol–water partition coefficient (Wildman–Crippen LogP) is 2.78. The van der Waals surface area contributed by atoms with Gasteiger partial charge in [0.15, 0.2) is 11.5 Å². The molecule has 0 bridgehead atoms. The molecule has 0 aliphatic carbocycles. The summed E-state index contributed by atoms with van der Waals surface area (Å²) in [5.74, 6) is 1.52. The fourth-order valence-electron chi connectivity index (χ4n) is 1.70. The second kappa shape index (κ2) is 8.77. The molecule has 4 heteroatoms. The van der Waals surface area contributed by atoms with Gasteiger partial charge in [0.1, 0.15) is 6.61 Å². The summed E-state index contributed by atoms with van der Waals surface area (Å²) in [6.45, 7) is 6.11. The van der Waals surface area contributed by atoms with Gasteiger partial charge in [-0.1, -0.05) is 13.0 Å². The molecule has 0 heterocycles. The number of ether oxygens (including phenoxy) is 3. The Morgan fingerprint density at radius 2 is 1.95 bits per heavy atom. The van der Waals surface area contributed by atoms with Crippen LogP contribution in [0.15, 0.2) is 18.2 Å². The lowest BCUT2D eigenvalue weighted by molar-refractivity contribution is 0.0995. The number of methoxy groups -OCH3 is 1. The summed E-state index contributed by atoms with van der Waals surface area (Å²) in [6.07, 6.45) is 1.03. The summed E-state index contributed by atoms with van der Waals surface area (Å²) in [5, 5.41) is 3.20. The Hall–Kier alpha value is -1.26. The van der Waals surface area contributed by atoms with Gasteiger partial charge in [-0.3, -0.25) is 0 Å². The monoisotopic (exact) mass is 267 g/mol. The van der Waals surface area contributed by atoms with Gasteiger partial charge in [0.2, 0.25) is 0 Å². The molecule has 0 fully saturated rings. The molecule has 0 aliphatic heterocycles. The van der Waals surface area contributed by atoms with Crippen LogP contribution in [0.4, 0.5) is 0 Å². The van der Waals surface area contributed by atoms with Crippen molar-refractivity contribution in [2.45, 2.75) is 26.3 Å². The molecule has 108 valence electrons. The summed E-state index contributed by atoms with van der Waals surface area (Å²) in [5.41, 5.74) is 1.17. The highest BCUT2D eigenvalue weighted by molar-refractivity contribution is 5.43. The first-order valence-electron chi connectivity index (χ1n) is 6.78. The number of rotatable bonds is 9. The second-order valence-electron chi connectivity index (χ2n) is 4.38. The molecule has 0 amide bonds. The molecule has 0 saturated heterocycles. The van der Waals surface area contributed by atoms with Crippen LogP contribution in [0.2, 0.25) is 0 Å². The molecule has 0 spiro atoms. The molecule has 4 nitrogen and oxygen atoms in total. The number of nitrogens with one attached hydrogen (secondary N) is 1. The van der Waals surface area contributed by atoms with E-state index in [1.54, 1.807) is 7.11 Å². The molecule has 0 saturated carbocycles. The summed E-state index contributed by atoms with van der Waals surface area (Å²) < 4.78 is 16.4. The standard InChI is InChI=1S/C15H25NO3/c1-5-8-18-9-10-19-14-7-6-13(12(2)16-3)11-15(14)17-4/h6-7,11-12,16H,5,8-10H2,1-4H3. The van der Waals surface area contributed by atoms with Gasteiger partial charge in [0.25, 0.3) is 0 Å². The fraction of sp³-hybridized carbons (Fsp3) is 0.600. The van der Waals surface area contributed by atoms with Crippen molar-refractivity contribution in [3.8, 4) is 11.5 Å². The van der Waals surface area contributed by atoms with Crippen molar-refractivity contribution in [2.24, 2.45) is 0 Å². The molecular weight excluding hydrogens is 242 g/mol. The zero-order chi connectivity index (χ0) is 14.1. The Labute approximate surface area is 116 Å². The van der Waals surface area contributed by atoms with E-state index in [1.165, 1.54) is 5.56 Å². The molecule has 0 aromatic heterocycles. The Kier molecular flexibility index (Phi) is 7.30. The molecule has 1 rings (SSSR count). The van der Waals surface area contributed by atoms with Gasteiger partial charge < -0.3 is 19.5 Å². The van der Waals surface area contributed by atoms with Crippen LogP contribution in [0.1, 0.15) is 31.9 Å². The van der Waals surface area contributed by atoms with Crippen molar-refractivity contribution < 1.29 is 14.2 Å². The van der Waals surface area contributed by atoms with E-state index in [9.17, 15) is 0 Å². The minimum absolute atomic E-state index is 0.288. The maximum atomic E-state index is 5.67. The number of benzene rings is 1. The minimum atomic E-state index is 0.288.